The fourth-order valence-corrected chi connectivity index (χ4v) is 2.48. The number of amides is 1. The zero-order chi connectivity index (χ0) is 14.2. The number of nitrogens with zero attached hydrogens (tertiary/aromatic N) is 2. The molecule has 1 aromatic rings. The number of carboxylic acids is 1. The van der Waals surface area contributed by atoms with E-state index in [-0.39, 0.29) is 12.5 Å². The third-order valence-corrected chi connectivity index (χ3v) is 3.72. The first-order valence-corrected chi connectivity index (χ1v) is 7.05. The fraction of sp³-hybridized carbons (Fsp3) is 0.538. The molecule has 6 heteroatoms. The fourth-order valence-electron chi connectivity index (χ4n) is 2.04. The maximum absolute atomic E-state index is 12.4. The van der Waals surface area contributed by atoms with Gasteiger partial charge in [0.05, 0.1) is 5.92 Å². The maximum Gasteiger partial charge on any atom is 0.308 e. The molecule has 0 spiro atoms. The Morgan fingerprint density at radius 3 is 2.74 bits per heavy atom. The number of aromatic nitrogens is 1. The SMILES string of the molecule is CC(CN(C)C(=O)c1cc(Br)cn1C1CC1)C(=O)O. The van der Waals surface area contributed by atoms with Gasteiger partial charge >= 0.3 is 5.97 Å². The van der Waals surface area contributed by atoms with E-state index < -0.39 is 11.9 Å². The van der Waals surface area contributed by atoms with Crippen molar-refractivity contribution in [1.29, 1.82) is 0 Å². The molecule has 1 amide bonds. The molecule has 19 heavy (non-hydrogen) atoms. The zero-order valence-corrected chi connectivity index (χ0v) is 12.6. The number of carboxylic acid groups (broad SMARTS) is 1. The molecule has 2 rings (SSSR count). The molecule has 1 aliphatic rings. The van der Waals surface area contributed by atoms with Crippen LogP contribution >= 0.6 is 15.9 Å². The van der Waals surface area contributed by atoms with Gasteiger partial charge in [-0.15, -0.1) is 0 Å². The Balaban J connectivity index is 2.12. The van der Waals surface area contributed by atoms with Crippen molar-refractivity contribution in [3.63, 3.8) is 0 Å². The Morgan fingerprint density at radius 2 is 2.21 bits per heavy atom. The standard InChI is InChI=1S/C13H17BrN2O3/c1-8(13(18)19)6-15(2)12(17)11-5-9(14)7-16(11)10-3-4-10/h5,7-8,10H,3-4,6H2,1-2H3,(H,18,19). The van der Waals surface area contributed by atoms with Gasteiger partial charge in [0.25, 0.3) is 5.91 Å². The monoisotopic (exact) mass is 328 g/mol. The summed E-state index contributed by atoms with van der Waals surface area (Å²) < 4.78 is 2.86. The van der Waals surface area contributed by atoms with E-state index in [2.05, 4.69) is 15.9 Å². The largest absolute Gasteiger partial charge is 0.481 e. The van der Waals surface area contributed by atoms with E-state index >= 15 is 0 Å². The van der Waals surface area contributed by atoms with Crippen molar-refractivity contribution in [2.75, 3.05) is 13.6 Å². The van der Waals surface area contributed by atoms with Crippen LogP contribution in [0, 0.1) is 5.92 Å². The number of halogens is 1. The molecule has 0 aliphatic heterocycles. The number of aliphatic carboxylic acids is 1. The molecule has 0 radical (unpaired) electrons. The summed E-state index contributed by atoms with van der Waals surface area (Å²) in [5, 5.41) is 8.89. The first-order chi connectivity index (χ1) is 8.90. The van der Waals surface area contributed by atoms with Crippen LogP contribution in [0.2, 0.25) is 0 Å². The lowest BCUT2D eigenvalue weighted by Crippen LogP contribution is -2.34. The van der Waals surface area contributed by atoms with Gasteiger partial charge in [0.15, 0.2) is 0 Å². The topological polar surface area (TPSA) is 62.5 Å². The van der Waals surface area contributed by atoms with Crippen molar-refractivity contribution in [3.8, 4) is 0 Å². The summed E-state index contributed by atoms with van der Waals surface area (Å²) in [5.41, 5.74) is 0.620. The number of hydrogen-bond donors (Lipinski definition) is 1. The summed E-state index contributed by atoms with van der Waals surface area (Å²) in [7, 11) is 1.64. The lowest BCUT2D eigenvalue weighted by Gasteiger charge is -2.20. The van der Waals surface area contributed by atoms with Crippen LogP contribution in [0.1, 0.15) is 36.3 Å². The molecule has 0 bridgehead atoms. The summed E-state index contributed by atoms with van der Waals surface area (Å²) in [4.78, 5) is 24.7. The highest BCUT2D eigenvalue weighted by atomic mass is 79.9. The Bertz CT molecular complexity index is 508. The average molecular weight is 329 g/mol. The van der Waals surface area contributed by atoms with Crippen molar-refractivity contribution in [2.24, 2.45) is 5.92 Å². The molecular weight excluding hydrogens is 312 g/mol. The number of carbonyl (C=O) groups excluding carboxylic acids is 1. The zero-order valence-electron chi connectivity index (χ0n) is 11.0. The van der Waals surface area contributed by atoms with Gasteiger partial charge in [-0.05, 0) is 34.8 Å². The maximum atomic E-state index is 12.4. The van der Waals surface area contributed by atoms with Crippen LogP contribution in [-0.4, -0.2) is 40.0 Å². The van der Waals surface area contributed by atoms with Gasteiger partial charge in [-0.2, -0.15) is 0 Å². The number of rotatable bonds is 5. The van der Waals surface area contributed by atoms with E-state index in [0.29, 0.717) is 11.7 Å². The van der Waals surface area contributed by atoms with Crippen LogP contribution in [-0.2, 0) is 4.79 Å². The highest BCUT2D eigenvalue weighted by Gasteiger charge is 2.29. The summed E-state index contributed by atoms with van der Waals surface area (Å²) >= 11 is 3.38. The van der Waals surface area contributed by atoms with E-state index in [1.807, 2.05) is 10.8 Å². The van der Waals surface area contributed by atoms with E-state index in [1.165, 1.54) is 4.90 Å². The van der Waals surface area contributed by atoms with Crippen molar-refractivity contribution in [2.45, 2.75) is 25.8 Å². The van der Waals surface area contributed by atoms with Gasteiger partial charge in [-0.25, -0.2) is 0 Å². The second-order valence-corrected chi connectivity index (χ2v) is 6.02. The minimum absolute atomic E-state index is 0.134. The first kappa shape index (κ1) is 14.1. The summed E-state index contributed by atoms with van der Waals surface area (Å²) in [6.07, 6.45) is 4.10. The lowest BCUT2D eigenvalue weighted by molar-refractivity contribution is -0.141. The third kappa shape index (κ3) is 3.18. The molecule has 1 fully saturated rings. The van der Waals surface area contributed by atoms with Gasteiger partial charge in [-0.3, -0.25) is 9.59 Å². The Labute approximate surface area is 120 Å². The van der Waals surface area contributed by atoms with Crippen molar-refractivity contribution >= 4 is 27.8 Å². The Kier molecular flexibility index (Phi) is 3.99. The van der Waals surface area contributed by atoms with Crippen LogP contribution in [0.5, 0.6) is 0 Å². The number of hydrogen-bond acceptors (Lipinski definition) is 2. The molecule has 1 aliphatic carbocycles. The summed E-state index contributed by atoms with van der Waals surface area (Å²) in [6.45, 7) is 1.81. The first-order valence-electron chi connectivity index (χ1n) is 6.25. The van der Waals surface area contributed by atoms with Gasteiger partial charge in [0.1, 0.15) is 5.69 Å². The van der Waals surface area contributed by atoms with Gasteiger partial charge < -0.3 is 14.6 Å². The third-order valence-electron chi connectivity index (χ3n) is 3.29. The van der Waals surface area contributed by atoms with Crippen LogP contribution in [0.4, 0.5) is 0 Å². The van der Waals surface area contributed by atoms with E-state index in [1.54, 1.807) is 20.0 Å². The normalized spacial score (nSPS) is 16.2. The second kappa shape index (κ2) is 5.36. The molecule has 5 nitrogen and oxygen atoms in total. The molecular formula is C13H17BrN2O3. The van der Waals surface area contributed by atoms with E-state index in [9.17, 15) is 9.59 Å². The van der Waals surface area contributed by atoms with Crippen LogP contribution in [0.15, 0.2) is 16.7 Å². The molecule has 1 unspecified atom stereocenters. The smallest absolute Gasteiger partial charge is 0.308 e. The molecule has 0 saturated heterocycles. The quantitative estimate of drug-likeness (QED) is 0.902. The van der Waals surface area contributed by atoms with Crippen molar-refractivity contribution in [1.82, 2.24) is 9.47 Å². The second-order valence-electron chi connectivity index (χ2n) is 5.11. The molecule has 1 saturated carbocycles. The van der Waals surface area contributed by atoms with Crippen molar-refractivity contribution in [3.05, 3.63) is 22.4 Å². The van der Waals surface area contributed by atoms with Gasteiger partial charge in [0, 0.05) is 30.3 Å². The molecule has 0 aromatic carbocycles. The molecule has 1 atom stereocenters. The minimum atomic E-state index is -0.890. The van der Waals surface area contributed by atoms with E-state index in [4.69, 9.17) is 5.11 Å². The van der Waals surface area contributed by atoms with Crippen molar-refractivity contribution < 1.29 is 14.7 Å². The van der Waals surface area contributed by atoms with Crippen LogP contribution < -0.4 is 0 Å². The Hall–Kier alpha value is -1.30. The Morgan fingerprint density at radius 1 is 1.58 bits per heavy atom. The van der Waals surface area contributed by atoms with E-state index in [0.717, 1.165) is 17.3 Å². The summed E-state index contributed by atoms with van der Waals surface area (Å²) in [5.74, 6) is -1.59. The highest BCUT2D eigenvalue weighted by Crippen LogP contribution is 2.37. The summed E-state index contributed by atoms with van der Waals surface area (Å²) in [6, 6.07) is 2.21. The molecule has 1 aromatic heterocycles. The number of carbonyl (C=O) groups is 2. The molecule has 104 valence electrons. The average Bonchev–Trinajstić information content (AvgIpc) is 3.11. The predicted octanol–water partition coefficient (Wildman–Crippen LogP) is 2.38. The molecule has 1 heterocycles. The highest BCUT2D eigenvalue weighted by molar-refractivity contribution is 9.10. The van der Waals surface area contributed by atoms with Crippen LogP contribution in [0.25, 0.3) is 0 Å². The lowest BCUT2D eigenvalue weighted by atomic mass is 10.1. The van der Waals surface area contributed by atoms with Crippen LogP contribution in [0.3, 0.4) is 0 Å². The minimum Gasteiger partial charge on any atom is -0.481 e. The predicted molar refractivity (Wildman–Crippen MR) is 74.2 cm³/mol. The molecule has 1 N–H and O–H groups in total. The van der Waals surface area contributed by atoms with Gasteiger partial charge in [-0.1, -0.05) is 6.92 Å². The van der Waals surface area contributed by atoms with Gasteiger partial charge in [0.2, 0.25) is 0 Å².